The molecule has 0 aromatic heterocycles. The Kier molecular flexibility index (Phi) is 5.17. The number of benzene rings is 1. The summed E-state index contributed by atoms with van der Waals surface area (Å²) in [7, 11) is 4.03. The van der Waals surface area contributed by atoms with Crippen molar-refractivity contribution in [3.8, 4) is 0 Å². The minimum absolute atomic E-state index is 0.133. The first-order valence-electron chi connectivity index (χ1n) is 6.58. The number of aliphatic hydroxyl groups excluding tert-OH is 1. The molecule has 1 aromatic rings. The Morgan fingerprint density at radius 3 is 2.44 bits per heavy atom. The molecule has 3 nitrogen and oxygen atoms in total. The monoisotopic (exact) mass is 250 g/mol. The predicted octanol–water partition coefficient (Wildman–Crippen LogP) is 2.56. The lowest BCUT2D eigenvalue weighted by atomic mass is 9.98. The van der Waals surface area contributed by atoms with E-state index in [0.717, 1.165) is 6.42 Å². The number of nitrogens with one attached hydrogen (secondary N) is 1. The van der Waals surface area contributed by atoms with Gasteiger partial charge in [-0.2, -0.15) is 0 Å². The summed E-state index contributed by atoms with van der Waals surface area (Å²) in [5, 5.41) is 12.9. The predicted molar refractivity (Wildman–Crippen MR) is 78.1 cm³/mol. The zero-order valence-electron chi connectivity index (χ0n) is 12.2. The van der Waals surface area contributed by atoms with Crippen LogP contribution in [-0.4, -0.2) is 31.3 Å². The van der Waals surface area contributed by atoms with Crippen molar-refractivity contribution in [1.82, 2.24) is 5.32 Å². The number of para-hydroxylation sites is 1. The second-order valence-corrected chi connectivity index (χ2v) is 5.34. The average molecular weight is 250 g/mol. The summed E-state index contributed by atoms with van der Waals surface area (Å²) in [5.41, 5.74) is 2.20. The highest BCUT2D eigenvalue weighted by molar-refractivity contribution is 5.56. The Morgan fingerprint density at radius 1 is 1.33 bits per heavy atom. The van der Waals surface area contributed by atoms with E-state index in [9.17, 15) is 5.11 Å². The Morgan fingerprint density at radius 2 is 1.94 bits per heavy atom. The molecule has 0 saturated carbocycles. The van der Waals surface area contributed by atoms with Crippen molar-refractivity contribution in [2.24, 2.45) is 0 Å². The van der Waals surface area contributed by atoms with Crippen molar-refractivity contribution in [2.45, 2.75) is 38.8 Å². The van der Waals surface area contributed by atoms with Crippen LogP contribution in [0.1, 0.15) is 38.8 Å². The van der Waals surface area contributed by atoms with Crippen LogP contribution in [0, 0.1) is 0 Å². The minimum atomic E-state index is -0.262. The van der Waals surface area contributed by atoms with Gasteiger partial charge in [-0.05, 0) is 38.9 Å². The summed E-state index contributed by atoms with van der Waals surface area (Å²) in [4.78, 5) is 2.16. The second-order valence-electron chi connectivity index (χ2n) is 5.34. The fourth-order valence-corrected chi connectivity index (χ4v) is 2.10. The van der Waals surface area contributed by atoms with Gasteiger partial charge < -0.3 is 15.3 Å². The molecule has 1 rings (SSSR count). The maximum absolute atomic E-state index is 9.51. The van der Waals surface area contributed by atoms with Crippen LogP contribution in [0.25, 0.3) is 0 Å². The first-order chi connectivity index (χ1) is 8.47. The lowest BCUT2D eigenvalue weighted by Crippen LogP contribution is -2.45. The number of hydrogen-bond donors (Lipinski definition) is 2. The fraction of sp³-hybridized carbons (Fsp3) is 0.600. The molecule has 0 bridgehead atoms. The summed E-state index contributed by atoms with van der Waals surface area (Å²) < 4.78 is 0. The van der Waals surface area contributed by atoms with Crippen LogP contribution in [0.3, 0.4) is 0 Å². The zero-order chi connectivity index (χ0) is 13.8. The Labute approximate surface area is 111 Å². The van der Waals surface area contributed by atoms with E-state index in [1.165, 1.54) is 11.3 Å². The molecule has 0 aliphatic rings. The fourth-order valence-electron chi connectivity index (χ4n) is 2.10. The largest absolute Gasteiger partial charge is 0.394 e. The maximum atomic E-state index is 9.51. The van der Waals surface area contributed by atoms with Gasteiger partial charge >= 0.3 is 0 Å². The van der Waals surface area contributed by atoms with Gasteiger partial charge in [-0.3, -0.25) is 0 Å². The Bertz CT molecular complexity index is 373. The molecule has 0 fully saturated rings. The van der Waals surface area contributed by atoms with E-state index < -0.39 is 0 Å². The number of anilines is 1. The molecule has 0 amide bonds. The zero-order valence-corrected chi connectivity index (χ0v) is 12.2. The van der Waals surface area contributed by atoms with Crippen molar-refractivity contribution in [1.29, 1.82) is 0 Å². The molecule has 0 saturated heterocycles. The molecule has 3 heteroatoms. The summed E-state index contributed by atoms with van der Waals surface area (Å²) in [6.07, 6.45) is 1.04. The first kappa shape index (κ1) is 15.0. The molecule has 1 aromatic carbocycles. The molecule has 0 aliphatic carbocycles. The van der Waals surface area contributed by atoms with Crippen molar-refractivity contribution in [3.05, 3.63) is 29.8 Å². The van der Waals surface area contributed by atoms with Gasteiger partial charge in [0.05, 0.1) is 12.1 Å². The smallest absolute Gasteiger partial charge is 0.0658 e. The molecule has 0 aliphatic heterocycles. The quantitative estimate of drug-likeness (QED) is 0.814. The van der Waals surface area contributed by atoms with Crippen LogP contribution < -0.4 is 10.2 Å². The highest BCUT2D eigenvalue weighted by Gasteiger charge is 2.25. The maximum Gasteiger partial charge on any atom is 0.0658 e. The van der Waals surface area contributed by atoms with Crippen LogP contribution in [0.15, 0.2) is 24.3 Å². The normalized spacial score (nSPS) is 13.4. The van der Waals surface area contributed by atoms with Gasteiger partial charge in [0.15, 0.2) is 0 Å². The summed E-state index contributed by atoms with van der Waals surface area (Å²) >= 11 is 0. The van der Waals surface area contributed by atoms with Crippen LogP contribution in [0.4, 0.5) is 5.69 Å². The molecule has 0 spiro atoms. The molecule has 1 unspecified atom stereocenters. The molecule has 0 radical (unpaired) electrons. The molecule has 0 heterocycles. The minimum Gasteiger partial charge on any atom is -0.394 e. The van der Waals surface area contributed by atoms with E-state index in [1.54, 1.807) is 0 Å². The van der Waals surface area contributed by atoms with Crippen LogP contribution in [-0.2, 0) is 0 Å². The van der Waals surface area contributed by atoms with Crippen molar-refractivity contribution < 1.29 is 5.11 Å². The first-order valence-corrected chi connectivity index (χ1v) is 6.58. The van der Waals surface area contributed by atoms with Crippen LogP contribution in [0.2, 0.25) is 0 Å². The van der Waals surface area contributed by atoms with E-state index >= 15 is 0 Å². The lowest BCUT2D eigenvalue weighted by Gasteiger charge is -2.38. The second kappa shape index (κ2) is 6.21. The van der Waals surface area contributed by atoms with E-state index in [4.69, 9.17) is 0 Å². The molecular weight excluding hydrogens is 224 g/mol. The van der Waals surface area contributed by atoms with E-state index in [0.29, 0.717) is 6.04 Å². The summed E-state index contributed by atoms with van der Waals surface area (Å²) in [6.45, 7) is 6.40. The third kappa shape index (κ3) is 3.03. The van der Waals surface area contributed by atoms with Gasteiger partial charge in [0.1, 0.15) is 0 Å². The van der Waals surface area contributed by atoms with E-state index in [-0.39, 0.29) is 12.1 Å². The number of rotatable bonds is 6. The van der Waals surface area contributed by atoms with Crippen molar-refractivity contribution in [2.75, 3.05) is 25.6 Å². The van der Waals surface area contributed by atoms with E-state index in [1.807, 2.05) is 34.0 Å². The lowest BCUT2D eigenvalue weighted by molar-refractivity contribution is 0.216. The molecular formula is C15H26N2O. The Balaban J connectivity index is 3.16. The number of hydrogen-bond acceptors (Lipinski definition) is 3. The van der Waals surface area contributed by atoms with Crippen molar-refractivity contribution >= 4 is 5.69 Å². The average Bonchev–Trinajstić information content (AvgIpc) is 2.40. The SMILES string of the molecule is CCC(NC)c1ccccc1N(C)C(C)(C)CO. The highest BCUT2D eigenvalue weighted by atomic mass is 16.3. The summed E-state index contributed by atoms with van der Waals surface area (Å²) in [5.74, 6) is 0. The topological polar surface area (TPSA) is 35.5 Å². The van der Waals surface area contributed by atoms with Gasteiger partial charge in [0.2, 0.25) is 0 Å². The molecule has 102 valence electrons. The summed E-state index contributed by atoms with van der Waals surface area (Å²) in [6, 6.07) is 8.73. The van der Waals surface area contributed by atoms with Crippen molar-refractivity contribution in [3.63, 3.8) is 0 Å². The van der Waals surface area contributed by atoms with Gasteiger partial charge in [0.25, 0.3) is 0 Å². The number of aliphatic hydroxyl groups is 1. The van der Waals surface area contributed by atoms with Gasteiger partial charge in [-0.15, -0.1) is 0 Å². The number of nitrogens with zero attached hydrogens (tertiary/aromatic N) is 1. The van der Waals surface area contributed by atoms with Crippen LogP contribution in [0.5, 0.6) is 0 Å². The van der Waals surface area contributed by atoms with Gasteiger partial charge in [-0.1, -0.05) is 25.1 Å². The third-order valence-corrected chi connectivity index (χ3v) is 3.73. The molecule has 1 atom stereocenters. The van der Waals surface area contributed by atoms with Gasteiger partial charge in [-0.25, -0.2) is 0 Å². The number of likely N-dealkylation sites (N-methyl/N-ethyl adjacent to an activating group) is 1. The third-order valence-electron chi connectivity index (χ3n) is 3.73. The standard InChI is InChI=1S/C15H26N2O/c1-6-13(16-4)12-9-7-8-10-14(12)17(5)15(2,3)11-18/h7-10,13,16,18H,6,11H2,1-5H3. The van der Waals surface area contributed by atoms with Gasteiger partial charge in [0, 0.05) is 18.8 Å². The molecule has 18 heavy (non-hydrogen) atoms. The van der Waals surface area contributed by atoms with E-state index in [2.05, 4.69) is 35.3 Å². The molecule has 2 N–H and O–H groups in total. The highest BCUT2D eigenvalue weighted by Crippen LogP contribution is 2.31. The Hall–Kier alpha value is -1.06. The van der Waals surface area contributed by atoms with Crippen LogP contribution >= 0.6 is 0 Å².